The Morgan fingerprint density at radius 1 is 1.30 bits per heavy atom. The first-order chi connectivity index (χ1) is 13.2. The standard InChI is InChI=1S/C20H21N3O4/c1-23(8-9-24)15-11-14(21-7-10-26-2)16-17-18(15)22-27-20(17)13-6-4-3-5-12(13)19(16)25/h3-6,11,21,24H,7-10H2,1-2H3. The number of hydrogen-bond donors (Lipinski definition) is 2. The van der Waals surface area contributed by atoms with E-state index in [1.807, 2.05) is 36.2 Å². The van der Waals surface area contributed by atoms with Gasteiger partial charge in [-0.25, -0.2) is 0 Å². The monoisotopic (exact) mass is 367 g/mol. The lowest BCUT2D eigenvalue weighted by Gasteiger charge is -2.23. The number of carbonyl (C=O) groups is 1. The quantitative estimate of drug-likeness (QED) is 0.485. The molecule has 0 bridgehead atoms. The molecular formula is C20H21N3O4. The Morgan fingerprint density at radius 2 is 2.07 bits per heavy atom. The van der Waals surface area contributed by atoms with Gasteiger partial charge in [0.15, 0.2) is 11.5 Å². The first-order valence-electron chi connectivity index (χ1n) is 8.82. The van der Waals surface area contributed by atoms with Crippen molar-refractivity contribution in [2.45, 2.75) is 0 Å². The number of hydrogen-bond acceptors (Lipinski definition) is 7. The van der Waals surface area contributed by atoms with E-state index >= 15 is 0 Å². The zero-order valence-electron chi connectivity index (χ0n) is 15.3. The fraction of sp³-hybridized carbons (Fsp3) is 0.300. The predicted octanol–water partition coefficient (Wildman–Crippen LogP) is 2.53. The molecule has 0 saturated heterocycles. The Morgan fingerprint density at radius 3 is 2.81 bits per heavy atom. The Balaban J connectivity index is 1.98. The van der Waals surface area contributed by atoms with E-state index in [9.17, 15) is 9.90 Å². The van der Waals surface area contributed by atoms with Crippen molar-refractivity contribution in [3.05, 3.63) is 41.5 Å². The van der Waals surface area contributed by atoms with Crippen molar-refractivity contribution < 1.29 is 19.2 Å². The van der Waals surface area contributed by atoms with Crippen LogP contribution in [0.3, 0.4) is 0 Å². The zero-order valence-corrected chi connectivity index (χ0v) is 15.3. The molecule has 0 radical (unpaired) electrons. The number of anilines is 2. The van der Waals surface area contributed by atoms with Crippen molar-refractivity contribution in [1.29, 1.82) is 0 Å². The predicted molar refractivity (Wildman–Crippen MR) is 104 cm³/mol. The molecule has 4 rings (SSSR count). The third-order valence-electron chi connectivity index (χ3n) is 4.85. The number of carbonyl (C=O) groups excluding carboxylic acids is 1. The number of rotatable bonds is 7. The molecule has 3 aromatic rings. The molecule has 2 N–H and O–H groups in total. The van der Waals surface area contributed by atoms with Gasteiger partial charge in [-0.2, -0.15) is 0 Å². The van der Waals surface area contributed by atoms with Gasteiger partial charge in [0.1, 0.15) is 5.52 Å². The number of aliphatic hydroxyl groups excluding tert-OH is 1. The molecule has 140 valence electrons. The Bertz CT molecular complexity index is 1010. The van der Waals surface area contributed by atoms with E-state index in [0.29, 0.717) is 53.2 Å². The lowest BCUT2D eigenvalue weighted by atomic mass is 9.86. The Labute approximate surface area is 156 Å². The van der Waals surface area contributed by atoms with E-state index in [2.05, 4.69) is 10.5 Å². The highest BCUT2D eigenvalue weighted by Gasteiger charge is 2.33. The van der Waals surface area contributed by atoms with Gasteiger partial charge in [0.05, 0.1) is 29.9 Å². The summed E-state index contributed by atoms with van der Waals surface area (Å²) in [7, 11) is 3.51. The second-order valence-corrected chi connectivity index (χ2v) is 6.49. The first kappa shape index (κ1) is 17.5. The van der Waals surface area contributed by atoms with Crippen LogP contribution in [0.4, 0.5) is 11.4 Å². The maximum Gasteiger partial charge on any atom is 0.196 e. The lowest BCUT2D eigenvalue weighted by Crippen LogP contribution is -2.23. The largest absolute Gasteiger partial charge is 0.395 e. The molecule has 0 fully saturated rings. The van der Waals surface area contributed by atoms with Crippen molar-refractivity contribution in [1.82, 2.24) is 5.16 Å². The van der Waals surface area contributed by atoms with Crippen molar-refractivity contribution in [2.24, 2.45) is 0 Å². The number of fused-ring (bicyclic) bond motifs is 2. The molecule has 1 heterocycles. The summed E-state index contributed by atoms with van der Waals surface area (Å²) in [6.07, 6.45) is 0. The van der Waals surface area contributed by atoms with Crippen LogP contribution >= 0.6 is 0 Å². The van der Waals surface area contributed by atoms with E-state index in [-0.39, 0.29) is 12.4 Å². The molecule has 0 atom stereocenters. The minimum absolute atomic E-state index is 0.0126. The van der Waals surface area contributed by atoms with Gasteiger partial charge in [0, 0.05) is 44.1 Å². The molecule has 0 spiro atoms. The third-order valence-corrected chi connectivity index (χ3v) is 4.85. The highest BCUT2D eigenvalue weighted by atomic mass is 16.5. The number of nitrogens with one attached hydrogen (secondary N) is 1. The number of ether oxygens (including phenoxy) is 1. The number of aromatic nitrogens is 1. The third kappa shape index (κ3) is 2.75. The molecule has 7 heteroatoms. The van der Waals surface area contributed by atoms with E-state index in [1.54, 1.807) is 13.2 Å². The SMILES string of the molecule is COCCNc1cc(N(C)CCO)c2noc3c2c1C(=O)c1ccccc1-3. The molecular weight excluding hydrogens is 346 g/mol. The van der Waals surface area contributed by atoms with Gasteiger partial charge in [-0.3, -0.25) is 4.79 Å². The van der Waals surface area contributed by atoms with Crippen LogP contribution in [0.15, 0.2) is 34.9 Å². The van der Waals surface area contributed by atoms with E-state index < -0.39 is 0 Å². The molecule has 0 amide bonds. The lowest BCUT2D eigenvalue weighted by molar-refractivity contribution is 0.104. The number of nitrogens with zero attached hydrogens (tertiary/aromatic N) is 2. The fourth-order valence-corrected chi connectivity index (χ4v) is 3.53. The second kappa shape index (κ2) is 7.02. The second-order valence-electron chi connectivity index (χ2n) is 6.49. The Kier molecular flexibility index (Phi) is 4.55. The summed E-state index contributed by atoms with van der Waals surface area (Å²) in [6, 6.07) is 9.29. The van der Waals surface area contributed by atoms with Crippen LogP contribution in [0.2, 0.25) is 0 Å². The molecule has 1 aliphatic carbocycles. The summed E-state index contributed by atoms with van der Waals surface area (Å²) in [5, 5.41) is 17.6. The van der Waals surface area contributed by atoms with Gasteiger partial charge >= 0.3 is 0 Å². The summed E-state index contributed by atoms with van der Waals surface area (Å²) < 4.78 is 10.8. The topological polar surface area (TPSA) is 87.8 Å². The van der Waals surface area contributed by atoms with Crippen LogP contribution in [0.1, 0.15) is 15.9 Å². The van der Waals surface area contributed by atoms with Crippen LogP contribution in [0.5, 0.6) is 0 Å². The minimum Gasteiger partial charge on any atom is -0.395 e. The number of aliphatic hydroxyl groups is 1. The van der Waals surface area contributed by atoms with Crippen molar-refractivity contribution in [2.75, 3.05) is 50.7 Å². The highest BCUT2D eigenvalue weighted by Crippen LogP contribution is 2.45. The van der Waals surface area contributed by atoms with Gasteiger partial charge < -0.3 is 24.6 Å². The molecule has 27 heavy (non-hydrogen) atoms. The molecule has 0 unspecified atom stereocenters. The average Bonchev–Trinajstić information content (AvgIpc) is 3.12. The maximum atomic E-state index is 13.3. The molecule has 1 aliphatic rings. The normalized spacial score (nSPS) is 12.3. The van der Waals surface area contributed by atoms with E-state index in [0.717, 1.165) is 11.3 Å². The van der Waals surface area contributed by atoms with Crippen molar-refractivity contribution >= 4 is 28.1 Å². The van der Waals surface area contributed by atoms with Gasteiger partial charge in [-0.15, -0.1) is 0 Å². The first-order valence-corrected chi connectivity index (χ1v) is 8.82. The van der Waals surface area contributed by atoms with Crippen LogP contribution in [-0.2, 0) is 4.74 Å². The Hall–Kier alpha value is -2.90. The fourth-order valence-electron chi connectivity index (χ4n) is 3.53. The number of benzene rings is 2. The molecule has 1 aromatic heterocycles. The maximum absolute atomic E-state index is 13.3. The molecule has 7 nitrogen and oxygen atoms in total. The summed E-state index contributed by atoms with van der Waals surface area (Å²) in [5.41, 5.74) is 4.05. The summed E-state index contributed by atoms with van der Waals surface area (Å²) in [6.45, 7) is 1.53. The van der Waals surface area contributed by atoms with Crippen LogP contribution < -0.4 is 10.2 Å². The molecule has 0 aliphatic heterocycles. The van der Waals surface area contributed by atoms with Gasteiger partial charge in [-0.1, -0.05) is 29.4 Å². The van der Waals surface area contributed by atoms with Crippen LogP contribution in [0.25, 0.3) is 22.2 Å². The summed E-state index contributed by atoms with van der Waals surface area (Å²) >= 11 is 0. The smallest absolute Gasteiger partial charge is 0.196 e. The van der Waals surface area contributed by atoms with Gasteiger partial charge in [0.2, 0.25) is 0 Å². The average molecular weight is 367 g/mol. The number of methoxy groups -OCH3 is 1. The number of likely N-dealkylation sites (N-methyl/N-ethyl adjacent to an activating group) is 1. The number of ketones is 1. The zero-order chi connectivity index (χ0) is 19.0. The van der Waals surface area contributed by atoms with Crippen LogP contribution in [0, 0.1) is 0 Å². The van der Waals surface area contributed by atoms with Crippen molar-refractivity contribution in [3.63, 3.8) is 0 Å². The summed E-state index contributed by atoms with van der Waals surface area (Å²) in [5.74, 6) is 0.548. The van der Waals surface area contributed by atoms with Gasteiger partial charge in [-0.05, 0) is 6.07 Å². The summed E-state index contributed by atoms with van der Waals surface area (Å²) in [4.78, 5) is 15.2. The van der Waals surface area contributed by atoms with E-state index in [1.165, 1.54) is 0 Å². The molecule has 0 saturated carbocycles. The van der Waals surface area contributed by atoms with E-state index in [4.69, 9.17) is 9.26 Å². The molecule has 2 aromatic carbocycles. The van der Waals surface area contributed by atoms with Crippen LogP contribution in [-0.4, -0.2) is 56.5 Å². The highest BCUT2D eigenvalue weighted by molar-refractivity contribution is 6.28. The van der Waals surface area contributed by atoms with Crippen molar-refractivity contribution in [3.8, 4) is 11.3 Å². The minimum atomic E-state index is -0.0532. The van der Waals surface area contributed by atoms with Gasteiger partial charge in [0.25, 0.3) is 0 Å².